The molecule has 6 nitrogen and oxygen atoms in total. The van der Waals surface area contributed by atoms with E-state index in [-0.39, 0.29) is 5.41 Å². The topological polar surface area (TPSA) is 56.3 Å². The molecule has 3 fully saturated rings. The Morgan fingerprint density at radius 1 is 0.944 bits per heavy atom. The predicted molar refractivity (Wildman–Crippen MR) is 154 cm³/mol. The Kier molecular flexibility index (Phi) is 7.94. The Morgan fingerprint density at radius 3 is 2.39 bits per heavy atom. The van der Waals surface area contributed by atoms with E-state index in [1.54, 1.807) is 0 Å². The lowest BCUT2D eigenvalue weighted by Gasteiger charge is -2.36. The van der Waals surface area contributed by atoms with Gasteiger partial charge in [0, 0.05) is 43.7 Å². The van der Waals surface area contributed by atoms with Crippen molar-refractivity contribution in [3.63, 3.8) is 0 Å². The second kappa shape index (κ2) is 11.3. The number of anilines is 3. The molecule has 2 N–H and O–H groups in total. The predicted octanol–water partition coefficient (Wildman–Crippen LogP) is 5.89. The maximum Gasteiger partial charge on any atom is 0.232 e. The first-order chi connectivity index (χ1) is 17.5. The van der Waals surface area contributed by atoms with Gasteiger partial charge in [0.05, 0.1) is 0 Å². The smallest absolute Gasteiger partial charge is 0.232 e. The fourth-order valence-corrected chi connectivity index (χ4v) is 6.43. The Labute approximate surface area is 222 Å². The van der Waals surface area contributed by atoms with Crippen molar-refractivity contribution in [2.45, 2.75) is 83.1 Å². The summed E-state index contributed by atoms with van der Waals surface area (Å²) < 4.78 is 0. The minimum Gasteiger partial charge on any atom is -0.361 e. The van der Waals surface area contributed by atoms with Gasteiger partial charge in [-0.25, -0.2) is 0 Å². The van der Waals surface area contributed by atoms with Crippen molar-refractivity contribution in [1.29, 1.82) is 0 Å². The average Bonchev–Trinajstić information content (AvgIpc) is 3.39. The molecule has 0 spiro atoms. The number of thiocarbonyl (C=S) groups is 1. The minimum absolute atomic E-state index is 0.147. The number of hydrogen-bond donors (Lipinski definition) is 2. The summed E-state index contributed by atoms with van der Waals surface area (Å²) in [4.78, 5) is 14.8. The van der Waals surface area contributed by atoms with Crippen LogP contribution in [0.4, 0.5) is 17.6 Å². The Bertz CT molecular complexity index is 1010. The van der Waals surface area contributed by atoms with Crippen molar-refractivity contribution in [1.82, 2.24) is 15.3 Å². The number of nitrogens with zero attached hydrogens (tertiary/aromatic N) is 4. The van der Waals surface area contributed by atoms with Gasteiger partial charge in [0.1, 0.15) is 11.6 Å². The third kappa shape index (κ3) is 5.77. The summed E-state index contributed by atoms with van der Waals surface area (Å²) in [5, 5.41) is 7.51. The van der Waals surface area contributed by atoms with Crippen LogP contribution in [-0.4, -0.2) is 47.3 Å². The quantitative estimate of drug-likeness (QED) is 0.474. The van der Waals surface area contributed by atoms with Gasteiger partial charge < -0.3 is 20.4 Å². The Hall–Kier alpha value is -2.41. The highest BCUT2D eigenvalue weighted by Gasteiger charge is 2.35. The molecule has 0 amide bonds. The van der Waals surface area contributed by atoms with Crippen LogP contribution in [0.1, 0.15) is 77.2 Å². The van der Waals surface area contributed by atoms with E-state index in [0.29, 0.717) is 17.1 Å². The lowest BCUT2D eigenvalue weighted by molar-refractivity contribution is 0.435. The van der Waals surface area contributed by atoms with Gasteiger partial charge in [-0.2, -0.15) is 9.97 Å². The third-order valence-electron chi connectivity index (χ3n) is 8.66. The second-order valence-electron chi connectivity index (χ2n) is 11.3. The zero-order valence-corrected chi connectivity index (χ0v) is 22.8. The molecule has 0 radical (unpaired) electrons. The first kappa shape index (κ1) is 25.2. The molecule has 3 heterocycles. The molecule has 0 bridgehead atoms. The lowest BCUT2D eigenvalue weighted by Crippen LogP contribution is -2.41. The third-order valence-corrected chi connectivity index (χ3v) is 8.91. The first-order valence-electron chi connectivity index (χ1n) is 14.0. The molecule has 1 aliphatic carbocycles. The highest BCUT2D eigenvalue weighted by atomic mass is 32.1. The van der Waals surface area contributed by atoms with Crippen molar-refractivity contribution in [2.75, 3.05) is 41.3 Å². The maximum absolute atomic E-state index is 5.78. The van der Waals surface area contributed by atoms with E-state index in [9.17, 15) is 0 Å². The van der Waals surface area contributed by atoms with E-state index < -0.39 is 0 Å². The fraction of sp³-hybridized carbons (Fsp3) is 0.621. The van der Waals surface area contributed by atoms with Gasteiger partial charge in [0.25, 0.3) is 0 Å². The van der Waals surface area contributed by atoms with Gasteiger partial charge >= 0.3 is 0 Å². The summed E-state index contributed by atoms with van der Waals surface area (Å²) in [6, 6.07) is 13.6. The standard InChI is InChI=1S/C29H42N6S/c1-22-13-18-34(19-14-22)25-20-26(35-17-9-6-10-23(35)2)32-27(31-25)33-28(36)30-21-29(15-7-8-16-29)24-11-4-3-5-12-24/h3-5,11-12,20,22-23H,6-10,13-19,21H2,1-2H3,(H2,30,31,32,33,36)/t23-/m1/s1. The first-order valence-corrected chi connectivity index (χ1v) is 14.4. The summed E-state index contributed by atoms with van der Waals surface area (Å²) in [6.45, 7) is 8.65. The molecular weight excluding hydrogens is 464 g/mol. The number of piperidine rings is 2. The summed E-state index contributed by atoms with van der Waals surface area (Å²) in [7, 11) is 0. The van der Waals surface area contributed by atoms with Gasteiger partial charge in [0.15, 0.2) is 5.11 Å². The largest absolute Gasteiger partial charge is 0.361 e. The van der Waals surface area contributed by atoms with Gasteiger partial charge in [-0.3, -0.25) is 0 Å². The summed E-state index contributed by atoms with van der Waals surface area (Å²) >= 11 is 5.78. The van der Waals surface area contributed by atoms with Crippen LogP contribution in [0.5, 0.6) is 0 Å². The van der Waals surface area contributed by atoms with Crippen LogP contribution >= 0.6 is 12.2 Å². The summed E-state index contributed by atoms with van der Waals surface area (Å²) in [5.74, 6) is 3.43. The molecule has 7 heteroatoms. The van der Waals surface area contributed by atoms with E-state index in [0.717, 1.165) is 43.7 Å². The highest BCUT2D eigenvalue weighted by Crippen LogP contribution is 2.40. The molecule has 36 heavy (non-hydrogen) atoms. The zero-order valence-electron chi connectivity index (χ0n) is 22.0. The van der Waals surface area contributed by atoms with Crippen molar-refractivity contribution < 1.29 is 0 Å². The van der Waals surface area contributed by atoms with Crippen LogP contribution < -0.4 is 20.4 Å². The molecule has 1 atom stereocenters. The highest BCUT2D eigenvalue weighted by molar-refractivity contribution is 7.80. The van der Waals surface area contributed by atoms with Crippen molar-refractivity contribution >= 4 is 34.9 Å². The number of nitrogens with one attached hydrogen (secondary N) is 2. The molecule has 5 rings (SSSR count). The zero-order chi connectivity index (χ0) is 25.0. The molecule has 2 aromatic rings. The molecule has 1 aromatic heterocycles. The molecule has 3 aliphatic rings. The average molecular weight is 507 g/mol. The van der Waals surface area contributed by atoms with E-state index in [4.69, 9.17) is 22.2 Å². The number of rotatable bonds is 6. The second-order valence-corrected chi connectivity index (χ2v) is 11.7. The van der Waals surface area contributed by atoms with Crippen LogP contribution in [0.3, 0.4) is 0 Å². The molecule has 2 saturated heterocycles. The van der Waals surface area contributed by atoms with Gasteiger partial charge in [-0.05, 0) is 75.6 Å². The van der Waals surface area contributed by atoms with Crippen LogP contribution in [-0.2, 0) is 5.41 Å². The van der Waals surface area contributed by atoms with E-state index in [1.165, 1.54) is 63.4 Å². The fourth-order valence-electron chi connectivity index (χ4n) is 6.27. The Balaban J connectivity index is 1.32. The van der Waals surface area contributed by atoms with Gasteiger partial charge in [-0.1, -0.05) is 50.1 Å². The van der Waals surface area contributed by atoms with Crippen LogP contribution in [0.2, 0.25) is 0 Å². The SMILES string of the molecule is CC1CCN(c2cc(N3CCCC[C@H]3C)nc(NC(=S)NCC3(c4ccccc4)CCCC3)n2)CC1. The van der Waals surface area contributed by atoms with E-state index >= 15 is 0 Å². The molecule has 0 unspecified atom stereocenters. The van der Waals surface area contributed by atoms with Crippen molar-refractivity contribution in [3.05, 3.63) is 42.0 Å². The van der Waals surface area contributed by atoms with Crippen molar-refractivity contribution in [3.8, 4) is 0 Å². The van der Waals surface area contributed by atoms with E-state index in [1.807, 2.05) is 0 Å². The number of benzene rings is 1. The molecular formula is C29H42N6S. The molecule has 1 aromatic carbocycles. The maximum atomic E-state index is 5.78. The molecule has 1 saturated carbocycles. The van der Waals surface area contributed by atoms with Crippen LogP contribution in [0.25, 0.3) is 0 Å². The van der Waals surface area contributed by atoms with Crippen LogP contribution in [0, 0.1) is 5.92 Å². The summed E-state index contributed by atoms with van der Waals surface area (Å²) in [5.41, 5.74) is 1.56. The van der Waals surface area contributed by atoms with Gasteiger partial charge in [0.2, 0.25) is 5.95 Å². The molecule has 2 aliphatic heterocycles. The van der Waals surface area contributed by atoms with Crippen LogP contribution in [0.15, 0.2) is 36.4 Å². The van der Waals surface area contributed by atoms with Gasteiger partial charge in [-0.15, -0.1) is 0 Å². The monoisotopic (exact) mass is 506 g/mol. The minimum atomic E-state index is 0.147. The lowest BCUT2D eigenvalue weighted by atomic mass is 9.79. The number of hydrogen-bond acceptors (Lipinski definition) is 5. The number of aromatic nitrogens is 2. The summed E-state index contributed by atoms with van der Waals surface area (Å²) in [6.07, 6.45) is 11.1. The van der Waals surface area contributed by atoms with Crippen molar-refractivity contribution in [2.24, 2.45) is 5.92 Å². The Morgan fingerprint density at radius 2 is 1.67 bits per heavy atom. The van der Waals surface area contributed by atoms with E-state index in [2.05, 4.69) is 70.7 Å². The molecule has 194 valence electrons. The normalized spacial score (nSPS) is 22.4.